The van der Waals surface area contributed by atoms with Gasteiger partial charge in [-0.3, -0.25) is 13.9 Å². The molecule has 0 aliphatic rings. The van der Waals surface area contributed by atoms with E-state index in [-0.39, 0.29) is 18.5 Å². The fraction of sp³-hybridized carbons (Fsp3) is 0.417. The maximum Gasteiger partial charge on any atom is 0.244 e. The lowest BCUT2D eigenvalue weighted by molar-refractivity contribution is -0.140. The summed E-state index contributed by atoms with van der Waals surface area (Å²) in [5.41, 5.74) is 0.876. The van der Waals surface area contributed by atoms with Gasteiger partial charge in [0.15, 0.2) is 0 Å². The topological polar surface area (TPSA) is 96.0 Å². The number of methoxy groups -OCH3 is 1. The van der Waals surface area contributed by atoms with Crippen molar-refractivity contribution in [2.75, 3.05) is 24.2 Å². The third kappa shape index (κ3) is 8.02. The Labute approximate surface area is 217 Å². The lowest BCUT2D eigenvalue weighted by atomic mass is 10.1. The molecule has 0 fully saturated rings. The summed E-state index contributed by atoms with van der Waals surface area (Å²) in [4.78, 5) is 27.9. The summed E-state index contributed by atoms with van der Waals surface area (Å²) in [5, 5.41) is 3.61. The van der Waals surface area contributed by atoms with Crippen LogP contribution in [0.5, 0.6) is 5.75 Å². The molecule has 2 aromatic rings. The molecule has 11 heteroatoms. The third-order valence-electron chi connectivity index (χ3n) is 5.21. The van der Waals surface area contributed by atoms with Crippen molar-refractivity contribution < 1.29 is 22.7 Å². The minimum atomic E-state index is -3.82. The number of carbonyl (C=O) groups excluding carboxylic acids is 2. The molecule has 1 atom stereocenters. The van der Waals surface area contributed by atoms with Crippen molar-refractivity contribution in [1.82, 2.24) is 10.2 Å². The molecule has 0 radical (unpaired) electrons. The van der Waals surface area contributed by atoms with Gasteiger partial charge in [0.05, 0.1) is 19.1 Å². The Kier molecular flexibility index (Phi) is 10.2. The van der Waals surface area contributed by atoms with E-state index in [0.717, 1.165) is 10.6 Å². The Hall–Kier alpha value is -2.49. The monoisotopic (exact) mass is 543 g/mol. The van der Waals surface area contributed by atoms with E-state index in [2.05, 4.69) is 5.32 Å². The van der Waals surface area contributed by atoms with Gasteiger partial charge in [-0.25, -0.2) is 8.42 Å². The van der Waals surface area contributed by atoms with Crippen LogP contribution in [0.25, 0.3) is 0 Å². The number of benzene rings is 2. The van der Waals surface area contributed by atoms with Gasteiger partial charge in [0.25, 0.3) is 0 Å². The molecular weight excluding hydrogens is 513 g/mol. The van der Waals surface area contributed by atoms with Gasteiger partial charge in [-0.05, 0) is 62.2 Å². The number of rotatable bonds is 11. The van der Waals surface area contributed by atoms with Crippen LogP contribution in [0.3, 0.4) is 0 Å². The highest BCUT2D eigenvalue weighted by Gasteiger charge is 2.32. The van der Waals surface area contributed by atoms with Crippen LogP contribution in [0.2, 0.25) is 10.0 Å². The summed E-state index contributed by atoms with van der Waals surface area (Å²) in [6.07, 6.45) is 1.34. The molecule has 0 spiro atoms. The van der Waals surface area contributed by atoms with Crippen molar-refractivity contribution in [2.24, 2.45) is 0 Å². The van der Waals surface area contributed by atoms with Crippen LogP contribution in [0.4, 0.5) is 5.69 Å². The zero-order valence-corrected chi connectivity index (χ0v) is 22.7. The van der Waals surface area contributed by atoms with Crippen molar-refractivity contribution in [3.8, 4) is 5.75 Å². The van der Waals surface area contributed by atoms with Gasteiger partial charge >= 0.3 is 0 Å². The molecule has 0 heterocycles. The van der Waals surface area contributed by atoms with Gasteiger partial charge in [0.2, 0.25) is 21.8 Å². The SMILES string of the molecule is CCC(C(=O)NC(C)C)N(Cc1ccc(Cl)cc1Cl)C(=O)CN(c1ccc(OC)cc1)S(C)(=O)=O. The predicted octanol–water partition coefficient (Wildman–Crippen LogP) is 4.10. The Morgan fingerprint density at radius 1 is 1.09 bits per heavy atom. The average Bonchev–Trinajstić information content (AvgIpc) is 2.77. The van der Waals surface area contributed by atoms with Crippen LogP contribution < -0.4 is 14.4 Å². The van der Waals surface area contributed by atoms with Crippen molar-refractivity contribution >= 4 is 50.7 Å². The Morgan fingerprint density at radius 2 is 1.71 bits per heavy atom. The van der Waals surface area contributed by atoms with Crippen molar-refractivity contribution in [3.63, 3.8) is 0 Å². The van der Waals surface area contributed by atoms with E-state index in [0.29, 0.717) is 33.5 Å². The quantitative estimate of drug-likeness (QED) is 0.460. The minimum Gasteiger partial charge on any atom is -0.497 e. The molecule has 0 aliphatic heterocycles. The number of sulfonamides is 1. The first-order chi connectivity index (χ1) is 16.4. The van der Waals surface area contributed by atoms with Gasteiger partial charge in [-0.1, -0.05) is 36.2 Å². The first-order valence-corrected chi connectivity index (χ1v) is 13.6. The first-order valence-electron chi connectivity index (χ1n) is 11.0. The Morgan fingerprint density at radius 3 is 2.20 bits per heavy atom. The molecule has 0 saturated carbocycles. The molecule has 1 N–H and O–H groups in total. The average molecular weight is 545 g/mol. The van der Waals surface area contributed by atoms with E-state index in [1.54, 1.807) is 49.4 Å². The Bertz CT molecular complexity index is 1140. The van der Waals surface area contributed by atoms with E-state index in [1.165, 1.54) is 12.0 Å². The molecule has 2 aromatic carbocycles. The minimum absolute atomic E-state index is 0.000921. The molecule has 0 aromatic heterocycles. The summed E-state index contributed by atoms with van der Waals surface area (Å²) in [6, 6.07) is 10.2. The summed E-state index contributed by atoms with van der Waals surface area (Å²) >= 11 is 12.4. The van der Waals surface area contributed by atoms with E-state index < -0.39 is 28.5 Å². The van der Waals surface area contributed by atoms with Crippen molar-refractivity contribution in [2.45, 2.75) is 45.8 Å². The highest BCUT2D eigenvalue weighted by Crippen LogP contribution is 2.25. The highest BCUT2D eigenvalue weighted by molar-refractivity contribution is 7.92. The lowest BCUT2D eigenvalue weighted by Gasteiger charge is -2.33. The third-order valence-corrected chi connectivity index (χ3v) is 6.94. The fourth-order valence-electron chi connectivity index (χ4n) is 3.50. The van der Waals surface area contributed by atoms with Gasteiger partial charge in [0.1, 0.15) is 18.3 Å². The maximum atomic E-state index is 13.6. The fourth-order valence-corrected chi connectivity index (χ4v) is 4.81. The number of ether oxygens (including phenoxy) is 1. The molecule has 192 valence electrons. The number of anilines is 1. The Balaban J connectivity index is 2.46. The molecule has 0 aliphatic carbocycles. The van der Waals surface area contributed by atoms with Crippen molar-refractivity contribution in [3.05, 3.63) is 58.1 Å². The van der Waals surface area contributed by atoms with Gasteiger partial charge in [0, 0.05) is 22.6 Å². The number of halogens is 2. The van der Waals surface area contributed by atoms with Crippen LogP contribution in [-0.2, 0) is 26.2 Å². The predicted molar refractivity (Wildman–Crippen MR) is 140 cm³/mol. The molecule has 2 rings (SSSR count). The van der Waals surface area contributed by atoms with Crippen LogP contribution >= 0.6 is 23.2 Å². The number of hydrogen-bond donors (Lipinski definition) is 1. The number of carbonyl (C=O) groups is 2. The highest BCUT2D eigenvalue weighted by atomic mass is 35.5. The molecule has 2 amide bonds. The number of hydrogen-bond acceptors (Lipinski definition) is 5. The zero-order chi connectivity index (χ0) is 26.3. The summed E-state index contributed by atoms with van der Waals surface area (Å²) in [5.74, 6) is -0.344. The van der Waals surface area contributed by atoms with Gasteiger partial charge < -0.3 is 15.0 Å². The van der Waals surface area contributed by atoms with Crippen LogP contribution in [-0.4, -0.2) is 57.1 Å². The van der Waals surface area contributed by atoms with E-state index in [4.69, 9.17) is 27.9 Å². The van der Waals surface area contributed by atoms with Crippen LogP contribution in [0.1, 0.15) is 32.8 Å². The summed E-state index contributed by atoms with van der Waals surface area (Å²) in [7, 11) is -2.32. The second kappa shape index (κ2) is 12.5. The number of nitrogens with zero attached hydrogens (tertiary/aromatic N) is 2. The molecule has 1 unspecified atom stereocenters. The molecule has 35 heavy (non-hydrogen) atoms. The standard InChI is InChI=1S/C24H31Cl2N3O5S/c1-6-22(24(31)27-16(2)3)28(14-17-7-8-18(25)13-21(17)26)23(30)15-29(35(5,32)33)19-9-11-20(34-4)12-10-19/h7-13,16,22H,6,14-15H2,1-5H3,(H,27,31). The second-order valence-corrected chi connectivity index (χ2v) is 11.1. The maximum absolute atomic E-state index is 13.6. The normalized spacial score (nSPS) is 12.2. The molecule has 0 bridgehead atoms. The van der Waals surface area contributed by atoms with Crippen LogP contribution in [0, 0.1) is 0 Å². The molecule has 0 saturated heterocycles. The van der Waals surface area contributed by atoms with Crippen LogP contribution in [0.15, 0.2) is 42.5 Å². The largest absolute Gasteiger partial charge is 0.497 e. The van der Waals surface area contributed by atoms with E-state index in [9.17, 15) is 18.0 Å². The summed E-state index contributed by atoms with van der Waals surface area (Å²) < 4.78 is 31.4. The smallest absolute Gasteiger partial charge is 0.244 e. The lowest BCUT2D eigenvalue weighted by Crippen LogP contribution is -2.53. The zero-order valence-electron chi connectivity index (χ0n) is 20.4. The number of amides is 2. The number of nitrogens with one attached hydrogen (secondary N) is 1. The molecule has 8 nitrogen and oxygen atoms in total. The first kappa shape index (κ1) is 28.7. The van der Waals surface area contributed by atoms with E-state index in [1.807, 2.05) is 13.8 Å². The second-order valence-electron chi connectivity index (χ2n) is 8.31. The molecular formula is C24H31Cl2N3O5S. The van der Waals surface area contributed by atoms with Crippen molar-refractivity contribution in [1.29, 1.82) is 0 Å². The van der Waals surface area contributed by atoms with Gasteiger partial charge in [-0.15, -0.1) is 0 Å². The summed E-state index contributed by atoms with van der Waals surface area (Å²) in [6.45, 7) is 4.93. The van der Waals surface area contributed by atoms with E-state index >= 15 is 0 Å². The van der Waals surface area contributed by atoms with Gasteiger partial charge in [-0.2, -0.15) is 0 Å².